The van der Waals surface area contributed by atoms with Crippen molar-refractivity contribution in [1.29, 1.82) is 0 Å². The van der Waals surface area contributed by atoms with E-state index in [0.29, 0.717) is 34.9 Å². The van der Waals surface area contributed by atoms with E-state index in [1.54, 1.807) is 47.2 Å². The Morgan fingerprint density at radius 3 is 2.57 bits per heavy atom. The van der Waals surface area contributed by atoms with E-state index in [1.807, 2.05) is 11.8 Å². The molecule has 0 saturated carbocycles. The molecule has 2 aromatic carbocycles. The summed E-state index contributed by atoms with van der Waals surface area (Å²) in [5.41, 5.74) is 2.85. The maximum absolute atomic E-state index is 13.8. The molecule has 2 aromatic heterocycles. The Bertz CT molecular complexity index is 1400. The molecule has 5 rings (SSSR count). The third-order valence-electron chi connectivity index (χ3n) is 6.28. The SMILES string of the molecule is Cc1nc2c(s1)CC(C)N(C(=O)Cn1nc(-c3ccc(F)c(C)c3)nc1-c1ccc(F)cc1)CC2. The fourth-order valence-electron chi connectivity index (χ4n) is 4.45. The monoisotopic (exact) mass is 493 g/mol. The second-order valence-corrected chi connectivity index (χ2v) is 10.2. The molecule has 1 unspecified atom stereocenters. The van der Waals surface area contributed by atoms with Gasteiger partial charge in [-0.2, -0.15) is 0 Å². The van der Waals surface area contributed by atoms with E-state index in [-0.39, 0.29) is 30.1 Å². The Balaban J connectivity index is 1.46. The minimum absolute atomic E-state index is 0.00959. The summed E-state index contributed by atoms with van der Waals surface area (Å²) in [4.78, 5) is 25.9. The third-order valence-corrected chi connectivity index (χ3v) is 7.32. The molecule has 0 bridgehead atoms. The van der Waals surface area contributed by atoms with Gasteiger partial charge in [0.2, 0.25) is 5.91 Å². The van der Waals surface area contributed by atoms with Crippen LogP contribution in [0, 0.1) is 25.5 Å². The molecule has 35 heavy (non-hydrogen) atoms. The number of hydrogen-bond acceptors (Lipinski definition) is 5. The predicted molar refractivity (Wildman–Crippen MR) is 131 cm³/mol. The van der Waals surface area contributed by atoms with Gasteiger partial charge >= 0.3 is 0 Å². The van der Waals surface area contributed by atoms with Crippen LogP contribution >= 0.6 is 11.3 Å². The number of nitrogens with zero attached hydrogens (tertiary/aromatic N) is 5. The topological polar surface area (TPSA) is 63.9 Å². The summed E-state index contributed by atoms with van der Waals surface area (Å²) in [5, 5.41) is 5.66. The quantitative estimate of drug-likeness (QED) is 0.402. The van der Waals surface area contributed by atoms with E-state index in [9.17, 15) is 13.6 Å². The number of fused-ring (bicyclic) bond motifs is 1. The van der Waals surface area contributed by atoms with Crippen LogP contribution in [0.1, 0.15) is 28.1 Å². The van der Waals surface area contributed by atoms with Crippen molar-refractivity contribution in [1.82, 2.24) is 24.6 Å². The van der Waals surface area contributed by atoms with E-state index in [1.165, 1.54) is 23.1 Å². The van der Waals surface area contributed by atoms with Gasteiger partial charge in [-0.05, 0) is 68.8 Å². The zero-order valence-electron chi connectivity index (χ0n) is 19.8. The second kappa shape index (κ2) is 9.30. The first kappa shape index (κ1) is 23.3. The molecule has 1 aliphatic heterocycles. The van der Waals surface area contributed by atoms with Gasteiger partial charge in [0.1, 0.15) is 18.2 Å². The molecule has 1 amide bonds. The molecule has 9 heteroatoms. The van der Waals surface area contributed by atoms with Gasteiger partial charge in [0.15, 0.2) is 11.6 Å². The first-order valence-corrected chi connectivity index (χ1v) is 12.3. The summed E-state index contributed by atoms with van der Waals surface area (Å²) in [6, 6.07) is 10.6. The van der Waals surface area contributed by atoms with E-state index in [2.05, 4.69) is 22.0 Å². The lowest BCUT2D eigenvalue weighted by molar-refractivity contribution is -0.133. The van der Waals surface area contributed by atoms with Crippen molar-refractivity contribution in [3.05, 3.63) is 75.2 Å². The molecule has 3 heterocycles. The Morgan fingerprint density at radius 2 is 1.83 bits per heavy atom. The van der Waals surface area contributed by atoms with Crippen LogP contribution in [0.4, 0.5) is 8.78 Å². The number of halogens is 2. The summed E-state index contributed by atoms with van der Waals surface area (Å²) in [5.74, 6) is 0.0927. The molecule has 6 nitrogen and oxygen atoms in total. The van der Waals surface area contributed by atoms with Gasteiger partial charge in [-0.15, -0.1) is 16.4 Å². The maximum Gasteiger partial charge on any atom is 0.244 e. The zero-order valence-corrected chi connectivity index (χ0v) is 20.6. The number of carbonyl (C=O) groups excluding carboxylic acids is 1. The normalized spacial score (nSPS) is 15.7. The Labute approximate surface area is 206 Å². The summed E-state index contributed by atoms with van der Waals surface area (Å²) in [6.45, 7) is 6.31. The number of benzene rings is 2. The number of hydrogen-bond donors (Lipinski definition) is 0. The van der Waals surface area contributed by atoms with Crippen LogP contribution in [0.2, 0.25) is 0 Å². The van der Waals surface area contributed by atoms with Crippen molar-refractivity contribution in [3.63, 3.8) is 0 Å². The highest BCUT2D eigenvalue weighted by Crippen LogP contribution is 2.27. The second-order valence-electron chi connectivity index (χ2n) is 8.88. The number of carbonyl (C=O) groups is 1. The van der Waals surface area contributed by atoms with Crippen molar-refractivity contribution >= 4 is 17.2 Å². The lowest BCUT2D eigenvalue weighted by Crippen LogP contribution is -2.41. The number of aryl methyl sites for hydroxylation is 2. The van der Waals surface area contributed by atoms with Gasteiger partial charge in [-0.25, -0.2) is 23.4 Å². The Morgan fingerprint density at radius 1 is 1.09 bits per heavy atom. The largest absolute Gasteiger partial charge is 0.338 e. The Kier molecular flexibility index (Phi) is 6.19. The van der Waals surface area contributed by atoms with Crippen LogP contribution in [0.25, 0.3) is 22.8 Å². The molecule has 0 fully saturated rings. The molecule has 1 atom stereocenters. The average Bonchev–Trinajstić information content (AvgIpc) is 3.35. The molecule has 0 radical (unpaired) electrons. The highest BCUT2D eigenvalue weighted by molar-refractivity contribution is 7.11. The lowest BCUT2D eigenvalue weighted by atomic mass is 10.1. The van der Waals surface area contributed by atoms with Crippen LogP contribution < -0.4 is 0 Å². The van der Waals surface area contributed by atoms with Gasteiger partial charge in [0.05, 0.1) is 10.7 Å². The smallest absolute Gasteiger partial charge is 0.244 e. The zero-order chi connectivity index (χ0) is 24.7. The predicted octanol–water partition coefficient (Wildman–Crippen LogP) is 4.98. The molecular formula is C26H25F2N5OS. The number of aromatic nitrogens is 4. The summed E-state index contributed by atoms with van der Waals surface area (Å²) in [6.07, 6.45) is 1.49. The fourth-order valence-corrected chi connectivity index (χ4v) is 5.56. The summed E-state index contributed by atoms with van der Waals surface area (Å²) < 4.78 is 28.9. The molecule has 4 aromatic rings. The minimum Gasteiger partial charge on any atom is -0.338 e. The van der Waals surface area contributed by atoms with Crippen molar-refractivity contribution in [2.45, 2.75) is 46.2 Å². The van der Waals surface area contributed by atoms with Gasteiger partial charge < -0.3 is 4.90 Å². The van der Waals surface area contributed by atoms with Crippen molar-refractivity contribution in [2.75, 3.05) is 6.54 Å². The first-order chi connectivity index (χ1) is 16.8. The number of thiazole rings is 1. The summed E-state index contributed by atoms with van der Waals surface area (Å²) >= 11 is 1.69. The highest BCUT2D eigenvalue weighted by atomic mass is 32.1. The van der Waals surface area contributed by atoms with E-state index in [4.69, 9.17) is 0 Å². The molecule has 0 saturated heterocycles. The van der Waals surface area contributed by atoms with Gasteiger partial charge in [0.25, 0.3) is 0 Å². The molecule has 1 aliphatic rings. The minimum atomic E-state index is -0.361. The van der Waals surface area contributed by atoms with Gasteiger partial charge in [-0.1, -0.05) is 0 Å². The molecule has 0 aliphatic carbocycles. The molecule has 0 spiro atoms. The van der Waals surface area contributed by atoms with Crippen molar-refractivity contribution < 1.29 is 13.6 Å². The summed E-state index contributed by atoms with van der Waals surface area (Å²) in [7, 11) is 0. The van der Waals surface area contributed by atoms with Crippen molar-refractivity contribution in [2.24, 2.45) is 0 Å². The van der Waals surface area contributed by atoms with E-state index >= 15 is 0 Å². The van der Waals surface area contributed by atoms with Crippen molar-refractivity contribution in [3.8, 4) is 22.8 Å². The van der Waals surface area contributed by atoms with Crippen LogP contribution in [0.3, 0.4) is 0 Å². The van der Waals surface area contributed by atoms with Crippen LogP contribution in [-0.2, 0) is 24.2 Å². The maximum atomic E-state index is 13.8. The van der Waals surface area contributed by atoms with Gasteiger partial charge in [-0.3, -0.25) is 4.79 Å². The molecular weight excluding hydrogens is 468 g/mol. The van der Waals surface area contributed by atoms with E-state index in [0.717, 1.165) is 23.5 Å². The average molecular weight is 494 g/mol. The first-order valence-electron chi connectivity index (χ1n) is 11.5. The molecule has 0 N–H and O–H groups in total. The third kappa shape index (κ3) is 4.73. The highest BCUT2D eigenvalue weighted by Gasteiger charge is 2.28. The van der Waals surface area contributed by atoms with Crippen LogP contribution in [-0.4, -0.2) is 43.1 Å². The lowest BCUT2D eigenvalue weighted by Gasteiger charge is -2.27. The van der Waals surface area contributed by atoms with E-state index < -0.39 is 0 Å². The van der Waals surface area contributed by atoms with Crippen LogP contribution in [0.15, 0.2) is 42.5 Å². The van der Waals surface area contributed by atoms with Gasteiger partial charge in [0, 0.05) is 41.4 Å². The number of amides is 1. The number of rotatable bonds is 4. The Hall–Kier alpha value is -3.46. The van der Waals surface area contributed by atoms with Crippen LogP contribution in [0.5, 0.6) is 0 Å². The fraction of sp³-hybridized carbons (Fsp3) is 0.308. The molecule has 180 valence electrons. The standard InChI is InChI=1S/C26H25F2N5OS/c1-15-12-19(6-9-21(15)28)25-30-26(18-4-7-20(27)8-5-18)33(31-25)14-24(34)32-11-10-22-23(13-16(32)2)35-17(3)29-22/h4-9,12,16H,10-11,13-14H2,1-3H3.